The Kier molecular flexibility index (Phi) is 3.57. The van der Waals surface area contributed by atoms with E-state index in [1.54, 1.807) is 29.6 Å². The highest BCUT2D eigenvalue weighted by atomic mass is 35.5. The Bertz CT molecular complexity index is 568. The number of hydrogen-bond donors (Lipinski definition) is 2. The van der Waals surface area contributed by atoms with Crippen molar-refractivity contribution in [2.45, 2.75) is 0 Å². The van der Waals surface area contributed by atoms with Crippen molar-refractivity contribution >= 4 is 51.8 Å². The standard InChI is InChI=1S/C11H8Cl2N2OS/c12-6-4-5-17-10(6)11(16)15-8-3-1-2-7(14)9(8)13/h1-5H,14H2,(H,15,16). The summed E-state index contributed by atoms with van der Waals surface area (Å²) in [5.74, 6) is -0.294. The largest absolute Gasteiger partial charge is 0.397 e. The number of rotatable bonds is 2. The molecule has 0 radical (unpaired) electrons. The molecule has 0 bridgehead atoms. The van der Waals surface area contributed by atoms with Crippen molar-refractivity contribution in [3.63, 3.8) is 0 Å². The van der Waals surface area contributed by atoms with Gasteiger partial charge in [-0.1, -0.05) is 29.3 Å². The number of halogens is 2. The van der Waals surface area contributed by atoms with Gasteiger partial charge in [0.1, 0.15) is 4.88 Å². The van der Waals surface area contributed by atoms with E-state index in [1.165, 1.54) is 11.3 Å². The average Bonchev–Trinajstić information content (AvgIpc) is 2.71. The van der Waals surface area contributed by atoms with E-state index >= 15 is 0 Å². The lowest BCUT2D eigenvalue weighted by atomic mass is 10.2. The van der Waals surface area contributed by atoms with E-state index in [-0.39, 0.29) is 5.91 Å². The quantitative estimate of drug-likeness (QED) is 0.823. The summed E-state index contributed by atoms with van der Waals surface area (Å²) in [6, 6.07) is 6.73. The summed E-state index contributed by atoms with van der Waals surface area (Å²) in [5.41, 5.74) is 6.53. The molecule has 0 aliphatic rings. The van der Waals surface area contributed by atoms with Gasteiger partial charge in [-0.05, 0) is 23.6 Å². The number of nitrogen functional groups attached to an aromatic ring is 1. The van der Waals surface area contributed by atoms with Gasteiger partial charge in [-0.3, -0.25) is 4.79 Å². The highest BCUT2D eigenvalue weighted by molar-refractivity contribution is 7.12. The van der Waals surface area contributed by atoms with E-state index in [2.05, 4.69) is 5.32 Å². The summed E-state index contributed by atoms with van der Waals surface area (Å²) in [6.07, 6.45) is 0. The molecule has 1 aromatic carbocycles. The number of hydrogen-bond acceptors (Lipinski definition) is 3. The van der Waals surface area contributed by atoms with Crippen LogP contribution < -0.4 is 11.1 Å². The average molecular weight is 287 g/mol. The molecular weight excluding hydrogens is 279 g/mol. The van der Waals surface area contributed by atoms with Crippen LogP contribution in [0.3, 0.4) is 0 Å². The molecule has 0 atom stereocenters. The van der Waals surface area contributed by atoms with E-state index in [0.717, 1.165) is 0 Å². The first-order chi connectivity index (χ1) is 8.09. The molecule has 6 heteroatoms. The second kappa shape index (κ2) is 4.96. The monoisotopic (exact) mass is 286 g/mol. The third-order valence-corrected chi connectivity index (χ3v) is 3.86. The summed E-state index contributed by atoms with van der Waals surface area (Å²) >= 11 is 13.1. The van der Waals surface area contributed by atoms with Gasteiger partial charge < -0.3 is 11.1 Å². The molecule has 0 aliphatic heterocycles. The molecule has 0 spiro atoms. The third kappa shape index (κ3) is 2.54. The summed E-state index contributed by atoms with van der Waals surface area (Å²) in [4.78, 5) is 12.3. The fourth-order valence-electron chi connectivity index (χ4n) is 1.28. The number of carbonyl (C=O) groups excluding carboxylic acids is 1. The smallest absolute Gasteiger partial charge is 0.267 e. The summed E-state index contributed by atoms with van der Waals surface area (Å²) in [6.45, 7) is 0. The lowest BCUT2D eigenvalue weighted by Crippen LogP contribution is -2.11. The minimum Gasteiger partial charge on any atom is -0.397 e. The molecule has 0 aliphatic carbocycles. The molecular formula is C11H8Cl2N2OS. The number of benzene rings is 1. The Morgan fingerprint density at radius 1 is 1.29 bits per heavy atom. The minimum atomic E-state index is -0.294. The van der Waals surface area contributed by atoms with Crippen molar-refractivity contribution in [2.75, 3.05) is 11.1 Å². The van der Waals surface area contributed by atoms with Crippen LogP contribution in [-0.4, -0.2) is 5.91 Å². The molecule has 0 saturated carbocycles. The zero-order valence-electron chi connectivity index (χ0n) is 8.54. The first-order valence-electron chi connectivity index (χ1n) is 4.68. The number of amides is 1. The first-order valence-corrected chi connectivity index (χ1v) is 6.31. The molecule has 2 rings (SSSR count). The molecule has 17 heavy (non-hydrogen) atoms. The van der Waals surface area contributed by atoms with Crippen LogP contribution in [0, 0.1) is 0 Å². The van der Waals surface area contributed by atoms with Crippen LogP contribution in [0.25, 0.3) is 0 Å². The van der Waals surface area contributed by atoms with Gasteiger partial charge in [0.15, 0.2) is 0 Å². The number of anilines is 2. The maximum atomic E-state index is 11.9. The number of nitrogens with one attached hydrogen (secondary N) is 1. The van der Waals surface area contributed by atoms with Gasteiger partial charge in [0.25, 0.3) is 5.91 Å². The predicted octanol–water partition coefficient (Wildman–Crippen LogP) is 3.89. The second-order valence-electron chi connectivity index (χ2n) is 3.26. The Morgan fingerprint density at radius 2 is 2.06 bits per heavy atom. The zero-order valence-corrected chi connectivity index (χ0v) is 10.9. The normalized spacial score (nSPS) is 10.2. The molecule has 1 heterocycles. The maximum absolute atomic E-state index is 11.9. The van der Waals surface area contributed by atoms with Gasteiger partial charge in [0.05, 0.1) is 21.4 Å². The lowest BCUT2D eigenvalue weighted by Gasteiger charge is -2.07. The van der Waals surface area contributed by atoms with Gasteiger partial charge in [0, 0.05) is 0 Å². The van der Waals surface area contributed by atoms with Crippen molar-refractivity contribution in [3.8, 4) is 0 Å². The highest BCUT2D eigenvalue weighted by Crippen LogP contribution is 2.29. The van der Waals surface area contributed by atoms with E-state index in [0.29, 0.717) is 26.3 Å². The summed E-state index contributed by atoms with van der Waals surface area (Å²) in [5, 5.41) is 5.17. The van der Waals surface area contributed by atoms with Crippen LogP contribution >= 0.6 is 34.5 Å². The molecule has 2 aromatic rings. The van der Waals surface area contributed by atoms with E-state index in [1.807, 2.05) is 0 Å². The highest BCUT2D eigenvalue weighted by Gasteiger charge is 2.13. The van der Waals surface area contributed by atoms with Gasteiger partial charge >= 0.3 is 0 Å². The number of nitrogens with two attached hydrogens (primary N) is 1. The molecule has 3 nitrogen and oxygen atoms in total. The second-order valence-corrected chi connectivity index (χ2v) is 4.96. The van der Waals surface area contributed by atoms with Crippen molar-refractivity contribution < 1.29 is 4.79 Å². The number of thiophene rings is 1. The molecule has 3 N–H and O–H groups in total. The first kappa shape index (κ1) is 12.2. The van der Waals surface area contributed by atoms with Gasteiger partial charge in [-0.25, -0.2) is 0 Å². The predicted molar refractivity (Wildman–Crippen MR) is 73.1 cm³/mol. The van der Waals surface area contributed by atoms with Gasteiger partial charge in [0.2, 0.25) is 0 Å². The van der Waals surface area contributed by atoms with Gasteiger partial charge in [-0.15, -0.1) is 11.3 Å². The van der Waals surface area contributed by atoms with Crippen molar-refractivity contribution in [1.29, 1.82) is 0 Å². The van der Waals surface area contributed by atoms with Crippen molar-refractivity contribution in [1.82, 2.24) is 0 Å². The van der Waals surface area contributed by atoms with Crippen LogP contribution in [0.15, 0.2) is 29.6 Å². The zero-order chi connectivity index (χ0) is 12.4. The third-order valence-electron chi connectivity index (χ3n) is 2.10. The molecule has 0 saturated heterocycles. The van der Waals surface area contributed by atoms with E-state index in [9.17, 15) is 4.79 Å². The fourth-order valence-corrected chi connectivity index (χ4v) is 2.49. The van der Waals surface area contributed by atoms with Crippen molar-refractivity contribution in [3.05, 3.63) is 44.6 Å². The molecule has 0 unspecified atom stereocenters. The van der Waals surface area contributed by atoms with Crippen LogP contribution in [0.5, 0.6) is 0 Å². The minimum absolute atomic E-state index is 0.294. The Morgan fingerprint density at radius 3 is 2.71 bits per heavy atom. The molecule has 0 fully saturated rings. The van der Waals surface area contributed by atoms with Crippen LogP contribution in [0.4, 0.5) is 11.4 Å². The van der Waals surface area contributed by atoms with Crippen LogP contribution in [0.2, 0.25) is 10.0 Å². The summed E-state index contributed by atoms with van der Waals surface area (Å²) in [7, 11) is 0. The number of carbonyl (C=O) groups is 1. The van der Waals surface area contributed by atoms with Crippen molar-refractivity contribution in [2.24, 2.45) is 0 Å². The van der Waals surface area contributed by atoms with E-state index in [4.69, 9.17) is 28.9 Å². The fraction of sp³-hybridized carbons (Fsp3) is 0. The molecule has 88 valence electrons. The van der Waals surface area contributed by atoms with Crippen LogP contribution in [-0.2, 0) is 0 Å². The Labute approximate surface area is 112 Å². The van der Waals surface area contributed by atoms with Gasteiger partial charge in [-0.2, -0.15) is 0 Å². The molecule has 1 amide bonds. The maximum Gasteiger partial charge on any atom is 0.267 e. The SMILES string of the molecule is Nc1cccc(NC(=O)c2sccc2Cl)c1Cl. The molecule has 1 aromatic heterocycles. The topological polar surface area (TPSA) is 55.1 Å². The summed E-state index contributed by atoms with van der Waals surface area (Å²) < 4.78 is 0. The lowest BCUT2D eigenvalue weighted by molar-refractivity contribution is 0.103. The Balaban J connectivity index is 2.25. The Hall–Kier alpha value is -1.23. The van der Waals surface area contributed by atoms with Crippen LogP contribution in [0.1, 0.15) is 9.67 Å². The van der Waals surface area contributed by atoms with E-state index < -0.39 is 0 Å².